The SMILES string of the molecule is Cc1nn(C)c2c1N(C(=O)c1ccc(Oc3cccc(Br)c3)nc1)CCS2. The Hall–Kier alpha value is -2.32. The Morgan fingerprint density at radius 2 is 2.15 bits per heavy atom. The first kappa shape index (κ1) is 18.1. The third-order valence-corrected chi connectivity index (χ3v) is 5.82. The molecule has 0 fully saturated rings. The van der Waals surface area contributed by atoms with Crippen molar-refractivity contribution >= 4 is 39.3 Å². The lowest BCUT2D eigenvalue weighted by Gasteiger charge is -2.27. The lowest BCUT2D eigenvalue weighted by atomic mass is 10.2. The van der Waals surface area contributed by atoms with Crippen LogP contribution in [0.2, 0.25) is 0 Å². The molecule has 0 radical (unpaired) electrons. The number of ether oxygens (including phenoxy) is 1. The maximum Gasteiger partial charge on any atom is 0.259 e. The van der Waals surface area contributed by atoms with Gasteiger partial charge in [0, 0.05) is 36.1 Å². The van der Waals surface area contributed by atoms with Crippen molar-refractivity contribution in [3.05, 3.63) is 58.3 Å². The van der Waals surface area contributed by atoms with Crippen molar-refractivity contribution in [2.45, 2.75) is 11.9 Å². The van der Waals surface area contributed by atoms with E-state index in [9.17, 15) is 4.79 Å². The van der Waals surface area contributed by atoms with E-state index >= 15 is 0 Å². The molecule has 6 nitrogen and oxygen atoms in total. The minimum absolute atomic E-state index is 0.0749. The second kappa shape index (κ2) is 7.36. The summed E-state index contributed by atoms with van der Waals surface area (Å²) in [6.07, 6.45) is 1.56. The van der Waals surface area contributed by atoms with Crippen molar-refractivity contribution in [2.24, 2.45) is 7.05 Å². The van der Waals surface area contributed by atoms with Crippen molar-refractivity contribution in [3.8, 4) is 11.6 Å². The summed E-state index contributed by atoms with van der Waals surface area (Å²) in [5.41, 5.74) is 2.28. The molecule has 27 heavy (non-hydrogen) atoms. The number of carbonyl (C=O) groups excluding carboxylic acids is 1. The molecule has 138 valence electrons. The van der Waals surface area contributed by atoms with Crippen LogP contribution in [0.25, 0.3) is 0 Å². The fourth-order valence-electron chi connectivity index (χ4n) is 3.02. The van der Waals surface area contributed by atoms with Crippen molar-refractivity contribution in [2.75, 3.05) is 17.2 Å². The molecule has 0 atom stereocenters. The fourth-order valence-corrected chi connectivity index (χ4v) is 4.49. The van der Waals surface area contributed by atoms with Crippen molar-refractivity contribution in [1.82, 2.24) is 14.8 Å². The Morgan fingerprint density at radius 1 is 1.30 bits per heavy atom. The highest BCUT2D eigenvalue weighted by atomic mass is 79.9. The standard InChI is InChI=1S/C19H17BrN4O2S/c1-12-17-19(23(2)22-12)27-9-8-24(17)18(25)13-6-7-16(21-11-13)26-15-5-3-4-14(20)10-15/h3-7,10-11H,8-9H2,1-2H3. The van der Waals surface area contributed by atoms with E-state index in [4.69, 9.17) is 4.74 Å². The number of fused-ring (bicyclic) bond motifs is 1. The van der Waals surface area contributed by atoms with Crippen LogP contribution < -0.4 is 9.64 Å². The molecule has 0 N–H and O–H groups in total. The van der Waals surface area contributed by atoms with E-state index in [1.165, 1.54) is 0 Å². The number of nitrogens with zero attached hydrogens (tertiary/aromatic N) is 4. The highest BCUT2D eigenvalue weighted by Crippen LogP contribution is 2.37. The highest BCUT2D eigenvalue weighted by Gasteiger charge is 2.29. The summed E-state index contributed by atoms with van der Waals surface area (Å²) in [4.78, 5) is 19.1. The van der Waals surface area contributed by atoms with Crippen LogP contribution in [0, 0.1) is 6.92 Å². The monoisotopic (exact) mass is 444 g/mol. The number of amides is 1. The van der Waals surface area contributed by atoms with E-state index in [0.717, 1.165) is 26.6 Å². The van der Waals surface area contributed by atoms with Gasteiger partial charge in [0.25, 0.3) is 5.91 Å². The first-order valence-electron chi connectivity index (χ1n) is 8.40. The van der Waals surface area contributed by atoms with Gasteiger partial charge >= 0.3 is 0 Å². The zero-order valence-electron chi connectivity index (χ0n) is 14.8. The molecular weight excluding hydrogens is 428 g/mol. The van der Waals surface area contributed by atoms with E-state index in [1.807, 2.05) is 42.9 Å². The number of aryl methyl sites for hydroxylation is 2. The van der Waals surface area contributed by atoms with Gasteiger partial charge in [-0.05, 0) is 31.2 Å². The molecule has 3 heterocycles. The molecule has 1 aromatic carbocycles. The van der Waals surface area contributed by atoms with Crippen LogP contribution in [0.4, 0.5) is 5.69 Å². The lowest BCUT2D eigenvalue weighted by Crippen LogP contribution is -2.35. The Labute approximate surface area is 169 Å². The van der Waals surface area contributed by atoms with E-state index in [0.29, 0.717) is 23.7 Å². The molecule has 2 aromatic heterocycles. The number of anilines is 1. The Morgan fingerprint density at radius 3 is 2.89 bits per heavy atom. The first-order chi connectivity index (χ1) is 13.0. The zero-order chi connectivity index (χ0) is 19.0. The molecule has 1 amide bonds. The van der Waals surface area contributed by atoms with Crippen molar-refractivity contribution in [1.29, 1.82) is 0 Å². The molecule has 0 saturated heterocycles. The largest absolute Gasteiger partial charge is 0.439 e. The van der Waals surface area contributed by atoms with Gasteiger partial charge in [-0.2, -0.15) is 5.10 Å². The number of aromatic nitrogens is 3. The van der Waals surface area contributed by atoms with Crippen LogP contribution in [0.3, 0.4) is 0 Å². The summed E-state index contributed by atoms with van der Waals surface area (Å²) in [5.74, 6) is 1.89. The number of hydrogen-bond acceptors (Lipinski definition) is 5. The quantitative estimate of drug-likeness (QED) is 0.597. The molecule has 0 unspecified atom stereocenters. The normalized spacial score (nSPS) is 13.4. The van der Waals surface area contributed by atoms with Crippen LogP contribution in [-0.2, 0) is 7.05 Å². The molecule has 0 aliphatic carbocycles. The van der Waals surface area contributed by atoms with Gasteiger partial charge in [0.1, 0.15) is 10.8 Å². The number of benzene rings is 1. The number of thioether (sulfide) groups is 1. The van der Waals surface area contributed by atoms with Gasteiger partial charge in [-0.1, -0.05) is 22.0 Å². The van der Waals surface area contributed by atoms with Crippen molar-refractivity contribution in [3.63, 3.8) is 0 Å². The first-order valence-corrected chi connectivity index (χ1v) is 10.2. The van der Waals surface area contributed by atoms with Gasteiger partial charge in [-0.3, -0.25) is 9.48 Å². The van der Waals surface area contributed by atoms with Crippen LogP contribution in [0.1, 0.15) is 16.1 Å². The molecule has 0 bridgehead atoms. The average Bonchev–Trinajstić information content (AvgIpc) is 2.96. The van der Waals surface area contributed by atoms with Crippen LogP contribution in [-0.4, -0.2) is 33.0 Å². The Balaban J connectivity index is 1.55. The summed E-state index contributed by atoms with van der Waals surface area (Å²) >= 11 is 5.14. The highest BCUT2D eigenvalue weighted by molar-refractivity contribution is 9.10. The Bertz CT molecular complexity index is 1000. The molecule has 0 saturated carbocycles. The maximum absolute atomic E-state index is 13.0. The van der Waals surface area contributed by atoms with Crippen LogP contribution >= 0.6 is 27.7 Å². The van der Waals surface area contributed by atoms with Crippen molar-refractivity contribution < 1.29 is 9.53 Å². The predicted octanol–water partition coefficient (Wildman–Crippen LogP) is 4.43. The third kappa shape index (κ3) is 3.59. The lowest BCUT2D eigenvalue weighted by molar-refractivity contribution is 0.0987. The number of halogens is 1. The molecule has 8 heteroatoms. The molecule has 1 aliphatic rings. The van der Waals surface area contributed by atoms with Gasteiger partial charge in [0.15, 0.2) is 0 Å². The zero-order valence-corrected chi connectivity index (χ0v) is 17.2. The van der Waals surface area contributed by atoms with E-state index in [2.05, 4.69) is 26.0 Å². The van der Waals surface area contributed by atoms with Gasteiger partial charge in [0.2, 0.25) is 5.88 Å². The second-order valence-corrected chi connectivity index (χ2v) is 8.11. The third-order valence-electron chi connectivity index (χ3n) is 4.21. The smallest absolute Gasteiger partial charge is 0.259 e. The van der Waals surface area contributed by atoms with E-state index in [1.54, 1.807) is 35.0 Å². The number of pyridine rings is 1. The minimum atomic E-state index is -0.0749. The predicted molar refractivity (Wildman–Crippen MR) is 109 cm³/mol. The fraction of sp³-hybridized carbons (Fsp3) is 0.211. The molecule has 3 aromatic rings. The molecular formula is C19H17BrN4O2S. The summed E-state index contributed by atoms with van der Waals surface area (Å²) in [7, 11) is 1.91. The van der Waals surface area contributed by atoms with Gasteiger partial charge in [-0.25, -0.2) is 4.98 Å². The summed E-state index contributed by atoms with van der Waals surface area (Å²) in [6.45, 7) is 2.58. The van der Waals surface area contributed by atoms with Gasteiger partial charge < -0.3 is 9.64 Å². The maximum atomic E-state index is 13.0. The van der Waals surface area contributed by atoms with Gasteiger partial charge in [-0.15, -0.1) is 11.8 Å². The summed E-state index contributed by atoms with van der Waals surface area (Å²) < 4.78 is 8.50. The topological polar surface area (TPSA) is 60.2 Å². The Kier molecular flexibility index (Phi) is 4.92. The molecule has 0 spiro atoms. The second-order valence-electron chi connectivity index (χ2n) is 6.11. The van der Waals surface area contributed by atoms with E-state index < -0.39 is 0 Å². The number of hydrogen-bond donors (Lipinski definition) is 0. The number of rotatable bonds is 3. The molecule has 4 rings (SSSR count). The molecule has 1 aliphatic heterocycles. The van der Waals surface area contributed by atoms with Gasteiger partial charge in [0.05, 0.1) is 16.9 Å². The minimum Gasteiger partial charge on any atom is -0.439 e. The summed E-state index contributed by atoms with van der Waals surface area (Å²) in [6, 6.07) is 11.0. The average molecular weight is 445 g/mol. The van der Waals surface area contributed by atoms with Crippen LogP contribution in [0.5, 0.6) is 11.6 Å². The number of carbonyl (C=O) groups is 1. The van der Waals surface area contributed by atoms with E-state index in [-0.39, 0.29) is 5.91 Å². The summed E-state index contributed by atoms with van der Waals surface area (Å²) in [5, 5.41) is 5.47. The van der Waals surface area contributed by atoms with Crippen LogP contribution in [0.15, 0.2) is 52.1 Å².